The summed E-state index contributed by atoms with van der Waals surface area (Å²) in [4.78, 5) is 24.5. The summed E-state index contributed by atoms with van der Waals surface area (Å²) < 4.78 is 6.19. The highest BCUT2D eigenvalue weighted by atomic mass is 16.6. The molecule has 1 fully saturated rings. The number of rotatable bonds is 2. The highest BCUT2D eigenvalue weighted by Gasteiger charge is 2.52. The topological polar surface area (TPSA) is 125 Å². The van der Waals surface area contributed by atoms with Gasteiger partial charge in [-0.25, -0.2) is 4.79 Å². The first-order chi connectivity index (χ1) is 8.37. The largest absolute Gasteiger partial charge is 0.394 e. The van der Waals surface area contributed by atoms with E-state index in [2.05, 4.69) is 0 Å². The van der Waals surface area contributed by atoms with Crippen LogP contribution >= 0.6 is 0 Å². The van der Waals surface area contributed by atoms with Gasteiger partial charge >= 0.3 is 5.69 Å². The van der Waals surface area contributed by atoms with Crippen molar-refractivity contribution in [1.29, 1.82) is 0 Å². The number of aromatic nitrogens is 2. The normalized spacial score (nSPS) is 35.9. The number of ether oxygens (including phenoxy) is 1. The molecule has 2 heterocycles. The monoisotopic (exact) mass is 258 g/mol. The summed E-state index contributed by atoms with van der Waals surface area (Å²) in [6.07, 6.45) is -2.43. The van der Waals surface area contributed by atoms with Gasteiger partial charge in [0, 0.05) is 12.3 Å². The summed E-state index contributed by atoms with van der Waals surface area (Å²) in [5.74, 6) is 0. The van der Waals surface area contributed by atoms with Crippen LogP contribution in [0.25, 0.3) is 0 Å². The molecule has 1 aliphatic heterocycles. The van der Waals surface area contributed by atoms with Gasteiger partial charge in [-0.2, -0.15) is 0 Å². The number of aliphatic hydroxyl groups is 3. The third kappa shape index (κ3) is 1.89. The summed E-state index contributed by atoms with van der Waals surface area (Å²) >= 11 is 0. The van der Waals surface area contributed by atoms with Crippen LogP contribution in [0.5, 0.6) is 0 Å². The molecule has 4 N–H and O–H groups in total. The average molecular weight is 258 g/mol. The van der Waals surface area contributed by atoms with E-state index in [9.17, 15) is 19.8 Å². The number of nitrogens with zero attached hydrogens (tertiary/aromatic N) is 1. The van der Waals surface area contributed by atoms with Crippen molar-refractivity contribution < 1.29 is 20.1 Å². The predicted molar refractivity (Wildman–Crippen MR) is 58.9 cm³/mol. The molecule has 0 radical (unpaired) electrons. The Balaban J connectivity index is 2.41. The highest BCUT2D eigenvalue weighted by molar-refractivity contribution is 5.00. The fourth-order valence-electron chi connectivity index (χ4n) is 1.93. The molecule has 100 valence electrons. The lowest BCUT2D eigenvalue weighted by Gasteiger charge is -2.25. The lowest BCUT2D eigenvalue weighted by molar-refractivity contribution is -0.0807. The van der Waals surface area contributed by atoms with E-state index in [-0.39, 0.29) is 0 Å². The Hall–Kier alpha value is -1.48. The molecular formula is C10H14N2O6. The summed E-state index contributed by atoms with van der Waals surface area (Å²) in [6, 6.07) is 1.10. The van der Waals surface area contributed by atoms with E-state index in [1.807, 2.05) is 4.98 Å². The standard InChI is InChI=1S/C10H14N2O6/c1-10(17)5(4-13)18-8(7(10)15)12-3-2-6(14)11-9(12)16/h2-3,5,7-8,13,15,17H,4H2,1H3,(H,11,14,16)/t5-,7+,8-,10+/m1/s1. The molecule has 0 bridgehead atoms. The van der Waals surface area contributed by atoms with Gasteiger partial charge in [-0.05, 0) is 6.92 Å². The number of aromatic amines is 1. The van der Waals surface area contributed by atoms with Gasteiger partial charge < -0.3 is 20.1 Å². The van der Waals surface area contributed by atoms with Crippen molar-refractivity contribution in [2.24, 2.45) is 0 Å². The van der Waals surface area contributed by atoms with Crippen molar-refractivity contribution in [3.63, 3.8) is 0 Å². The molecule has 0 aromatic carbocycles. The van der Waals surface area contributed by atoms with Crippen molar-refractivity contribution in [3.05, 3.63) is 33.1 Å². The lowest BCUT2D eigenvalue weighted by Crippen LogP contribution is -2.46. The predicted octanol–water partition coefficient (Wildman–Crippen LogP) is -2.46. The van der Waals surface area contributed by atoms with Crippen LogP contribution in [0.3, 0.4) is 0 Å². The molecule has 8 heteroatoms. The van der Waals surface area contributed by atoms with Gasteiger partial charge in [0.25, 0.3) is 5.56 Å². The molecule has 1 aromatic rings. The first-order valence-corrected chi connectivity index (χ1v) is 5.36. The summed E-state index contributed by atoms with van der Waals surface area (Å²) in [6.45, 7) is 0.800. The Morgan fingerprint density at radius 2 is 2.22 bits per heavy atom. The summed E-state index contributed by atoms with van der Waals surface area (Å²) in [7, 11) is 0. The van der Waals surface area contributed by atoms with Crippen LogP contribution in [-0.4, -0.2) is 49.3 Å². The first-order valence-electron chi connectivity index (χ1n) is 5.36. The van der Waals surface area contributed by atoms with Crippen LogP contribution < -0.4 is 11.2 Å². The van der Waals surface area contributed by atoms with Crippen molar-refractivity contribution in [1.82, 2.24) is 9.55 Å². The van der Waals surface area contributed by atoms with Gasteiger partial charge in [0.05, 0.1) is 6.61 Å². The van der Waals surface area contributed by atoms with E-state index >= 15 is 0 Å². The van der Waals surface area contributed by atoms with Gasteiger partial charge in [0.15, 0.2) is 6.23 Å². The van der Waals surface area contributed by atoms with E-state index in [4.69, 9.17) is 9.84 Å². The van der Waals surface area contributed by atoms with Crippen molar-refractivity contribution in [2.75, 3.05) is 6.61 Å². The van der Waals surface area contributed by atoms with Crippen molar-refractivity contribution in [3.8, 4) is 0 Å². The minimum Gasteiger partial charge on any atom is -0.394 e. The fourth-order valence-corrected chi connectivity index (χ4v) is 1.93. The smallest absolute Gasteiger partial charge is 0.330 e. The molecule has 2 rings (SSSR count). The van der Waals surface area contributed by atoms with Crippen LogP contribution in [0.4, 0.5) is 0 Å². The molecule has 1 saturated heterocycles. The van der Waals surface area contributed by atoms with Gasteiger partial charge in [-0.1, -0.05) is 0 Å². The Labute approximate surface area is 101 Å². The van der Waals surface area contributed by atoms with E-state index in [0.29, 0.717) is 0 Å². The SMILES string of the molecule is C[C@]1(O)[C@@H](CO)O[C@@H](n2ccc(=O)[nH]c2=O)[C@@H]1O. The second kappa shape index (κ2) is 4.32. The zero-order chi connectivity index (χ0) is 13.5. The Morgan fingerprint density at radius 1 is 1.56 bits per heavy atom. The van der Waals surface area contributed by atoms with Crippen LogP contribution in [-0.2, 0) is 4.74 Å². The Bertz CT molecular complexity index is 548. The molecule has 18 heavy (non-hydrogen) atoms. The number of hydrogen-bond acceptors (Lipinski definition) is 6. The van der Waals surface area contributed by atoms with Crippen LogP contribution in [0.1, 0.15) is 13.2 Å². The molecule has 0 aliphatic carbocycles. The zero-order valence-electron chi connectivity index (χ0n) is 9.61. The quantitative estimate of drug-likeness (QED) is 0.466. The number of nitrogens with one attached hydrogen (secondary N) is 1. The molecular weight excluding hydrogens is 244 g/mol. The van der Waals surface area contributed by atoms with E-state index in [1.165, 1.54) is 6.92 Å². The molecule has 1 aromatic heterocycles. The highest BCUT2D eigenvalue weighted by Crippen LogP contribution is 2.35. The minimum atomic E-state index is -1.69. The minimum absolute atomic E-state index is 0.501. The second-order valence-electron chi connectivity index (χ2n) is 4.39. The third-order valence-corrected chi connectivity index (χ3v) is 3.12. The molecule has 0 amide bonds. The van der Waals surface area contributed by atoms with Gasteiger partial charge in [0.1, 0.15) is 17.8 Å². The number of aliphatic hydroxyl groups excluding tert-OH is 2. The molecule has 1 aliphatic rings. The zero-order valence-corrected chi connectivity index (χ0v) is 9.61. The molecule has 0 unspecified atom stereocenters. The second-order valence-corrected chi connectivity index (χ2v) is 4.39. The molecule has 0 spiro atoms. The average Bonchev–Trinajstić information content (AvgIpc) is 2.52. The molecule has 8 nitrogen and oxygen atoms in total. The first kappa shape index (κ1) is 13.0. The van der Waals surface area contributed by atoms with Gasteiger partial charge in [0.2, 0.25) is 0 Å². The maximum Gasteiger partial charge on any atom is 0.330 e. The lowest BCUT2D eigenvalue weighted by atomic mass is 9.95. The molecule has 4 atom stereocenters. The van der Waals surface area contributed by atoms with Gasteiger partial charge in [-0.3, -0.25) is 14.3 Å². The Kier molecular flexibility index (Phi) is 3.11. The molecule has 0 saturated carbocycles. The third-order valence-electron chi connectivity index (χ3n) is 3.12. The van der Waals surface area contributed by atoms with Crippen molar-refractivity contribution in [2.45, 2.75) is 31.0 Å². The van der Waals surface area contributed by atoms with Crippen LogP contribution in [0, 0.1) is 0 Å². The van der Waals surface area contributed by atoms with E-state index in [1.54, 1.807) is 0 Å². The summed E-state index contributed by atoms with van der Waals surface area (Å²) in [5.41, 5.74) is -3.02. The van der Waals surface area contributed by atoms with Crippen LogP contribution in [0.15, 0.2) is 21.9 Å². The van der Waals surface area contributed by atoms with Crippen LogP contribution in [0.2, 0.25) is 0 Å². The van der Waals surface area contributed by atoms with E-state index < -0.39 is 41.9 Å². The maximum atomic E-state index is 11.6. The van der Waals surface area contributed by atoms with Crippen molar-refractivity contribution >= 4 is 0 Å². The number of hydrogen-bond donors (Lipinski definition) is 4. The van der Waals surface area contributed by atoms with Gasteiger partial charge in [-0.15, -0.1) is 0 Å². The maximum absolute atomic E-state index is 11.6. The van der Waals surface area contributed by atoms with E-state index in [0.717, 1.165) is 16.8 Å². The Morgan fingerprint density at radius 3 is 2.72 bits per heavy atom. The summed E-state index contributed by atoms with van der Waals surface area (Å²) in [5, 5.41) is 29.0. The fraction of sp³-hybridized carbons (Fsp3) is 0.600. The number of H-pyrrole nitrogens is 1.